The van der Waals surface area contributed by atoms with E-state index in [4.69, 9.17) is 9.47 Å². The van der Waals surface area contributed by atoms with E-state index in [1.807, 2.05) is 0 Å². The van der Waals surface area contributed by atoms with Gasteiger partial charge in [0.05, 0.1) is 24.3 Å². The quantitative estimate of drug-likeness (QED) is 0.609. The van der Waals surface area contributed by atoms with E-state index in [1.54, 1.807) is 12.1 Å². The Balaban J connectivity index is 2.86. The van der Waals surface area contributed by atoms with E-state index in [-0.39, 0.29) is 0 Å². The third-order valence-electron chi connectivity index (χ3n) is 3.30. The minimum absolute atomic E-state index is 0.411. The van der Waals surface area contributed by atoms with E-state index >= 15 is 0 Å². The van der Waals surface area contributed by atoms with Crippen LogP contribution < -0.4 is 9.47 Å². The van der Waals surface area contributed by atoms with Crippen LogP contribution >= 0.6 is 0 Å². The Kier molecular flexibility index (Phi) is 7.64. The number of aldehydes is 2. The Morgan fingerprint density at radius 3 is 1.45 bits per heavy atom. The molecule has 1 rings (SSSR count). The van der Waals surface area contributed by atoms with Gasteiger partial charge in [0.15, 0.2) is 12.6 Å². The van der Waals surface area contributed by atoms with Crippen molar-refractivity contribution in [3.05, 3.63) is 23.3 Å². The number of rotatable bonds is 10. The van der Waals surface area contributed by atoms with Crippen LogP contribution in [0, 0.1) is 11.8 Å². The van der Waals surface area contributed by atoms with Crippen molar-refractivity contribution in [2.45, 2.75) is 40.5 Å². The van der Waals surface area contributed by atoms with E-state index in [2.05, 4.69) is 27.7 Å². The molecule has 0 aliphatic heterocycles. The van der Waals surface area contributed by atoms with Gasteiger partial charge in [-0.3, -0.25) is 9.59 Å². The monoisotopic (exact) mass is 306 g/mol. The smallest absolute Gasteiger partial charge is 0.153 e. The number of ether oxygens (including phenoxy) is 2. The first-order valence-corrected chi connectivity index (χ1v) is 7.81. The summed E-state index contributed by atoms with van der Waals surface area (Å²) in [5.41, 5.74) is 0.822. The zero-order valence-corrected chi connectivity index (χ0v) is 13.9. The molecular formula is C18H26O4. The lowest BCUT2D eigenvalue weighted by molar-refractivity contribution is 0.110. The van der Waals surface area contributed by atoms with Crippen LogP contribution in [-0.2, 0) is 0 Å². The van der Waals surface area contributed by atoms with Crippen molar-refractivity contribution in [2.75, 3.05) is 13.2 Å². The van der Waals surface area contributed by atoms with Gasteiger partial charge in [-0.05, 0) is 36.8 Å². The first kappa shape index (κ1) is 18.2. The molecule has 4 heteroatoms. The second-order valence-electron chi connectivity index (χ2n) is 6.23. The summed E-state index contributed by atoms with van der Waals surface area (Å²) in [7, 11) is 0. The molecule has 0 unspecified atom stereocenters. The lowest BCUT2D eigenvalue weighted by Crippen LogP contribution is -2.07. The van der Waals surface area contributed by atoms with Crippen molar-refractivity contribution in [2.24, 2.45) is 11.8 Å². The highest BCUT2D eigenvalue weighted by molar-refractivity contribution is 5.87. The minimum Gasteiger partial charge on any atom is -0.493 e. The molecule has 0 bridgehead atoms. The summed E-state index contributed by atoms with van der Waals surface area (Å²) in [6, 6.07) is 3.17. The second kappa shape index (κ2) is 9.23. The average molecular weight is 306 g/mol. The molecule has 0 saturated carbocycles. The Bertz CT molecular complexity index is 446. The molecule has 0 saturated heterocycles. The van der Waals surface area contributed by atoms with Crippen LogP contribution in [0.3, 0.4) is 0 Å². The average Bonchev–Trinajstić information content (AvgIpc) is 2.47. The van der Waals surface area contributed by atoms with Crippen LogP contribution in [0.25, 0.3) is 0 Å². The zero-order valence-electron chi connectivity index (χ0n) is 13.9. The van der Waals surface area contributed by atoms with Crippen LogP contribution in [-0.4, -0.2) is 25.8 Å². The summed E-state index contributed by atoms with van der Waals surface area (Å²) < 4.78 is 11.3. The maximum atomic E-state index is 11.2. The van der Waals surface area contributed by atoms with Gasteiger partial charge in [-0.25, -0.2) is 0 Å². The van der Waals surface area contributed by atoms with Crippen LogP contribution in [0.5, 0.6) is 11.5 Å². The highest BCUT2D eigenvalue weighted by Crippen LogP contribution is 2.28. The van der Waals surface area contributed by atoms with Crippen LogP contribution in [0.15, 0.2) is 12.1 Å². The SMILES string of the molecule is CC(C)CCOc1cc(C=O)c(OCCC(C)C)cc1C=O. The molecule has 0 aromatic heterocycles. The standard InChI is InChI=1S/C18H26O4/c1-13(2)5-7-21-17-9-16(12-20)18(10-15(17)11-19)22-8-6-14(3)4/h9-14H,5-8H2,1-4H3. The number of benzene rings is 1. The van der Waals surface area contributed by atoms with E-state index < -0.39 is 0 Å². The first-order chi connectivity index (χ1) is 10.5. The predicted octanol–water partition coefficient (Wildman–Crippen LogP) is 4.16. The summed E-state index contributed by atoms with van der Waals surface area (Å²) in [6.07, 6.45) is 3.24. The normalized spacial score (nSPS) is 10.8. The third kappa shape index (κ3) is 5.88. The molecule has 0 fully saturated rings. The van der Waals surface area contributed by atoms with E-state index in [0.717, 1.165) is 25.4 Å². The van der Waals surface area contributed by atoms with E-state index in [1.165, 1.54) is 0 Å². The Labute approximate surface area is 132 Å². The molecular weight excluding hydrogens is 280 g/mol. The third-order valence-corrected chi connectivity index (χ3v) is 3.30. The van der Waals surface area contributed by atoms with Gasteiger partial charge < -0.3 is 9.47 Å². The van der Waals surface area contributed by atoms with Crippen molar-refractivity contribution in [3.63, 3.8) is 0 Å². The van der Waals surface area contributed by atoms with Gasteiger partial charge in [-0.2, -0.15) is 0 Å². The van der Waals surface area contributed by atoms with Crippen molar-refractivity contribution in [1.29, 1.82) is 0 Å². The van der Waals surface area contributed by atoms with Crippen LogP contribution in [0.4, 0.5) is 0 Å². The summed E-state index contributed by atoms with van der Waals surface area (Å²) >= 11 is 0. The van der Waals surface area contributed by atoms with Crippen molar-refractivity contribution < 1.29 is 19.1 Å². The van der Waals surface area contributed by atoms with Gasteiger partial charge in [0.2, 0.25) is 0 Å². The molecule has 0 aliphatic carbocycles. The molecule has 0 atom stereocenters. The molecule has 4 nitrogen and oxygen atoms in total. The van der Waals surface area contributed by atoms with Gasteiger partial charge in [0.1, 0.15) is 11.5 Å². The van der Waals surface area contributed by atoms with Crippen molar-refractivity contribution in [1.82, 2.24) is 0 Å². The van der Waals surface area contributed by atoms with Gasteiger partial charge in [-0.1, -0.05) is 27.7 Å². The lowest BCUT2D eigenvalue weighted by Gasteiger charge is -2.14. The molecule has 0 radical (unpaired) electrons. The fourth-order valence-electron chi connectivity index (χ4n) is 1.83. The second-order valence-corrected chi connectivity index (χ2v) is 6.23. The maximum Gasteiger partial charge on any atom is 0.153 e. The zero-order chi connectivity index (χ0) is 16.5. The first-order valence-electron chi connectivity index (χ1n) is 7.81. The molecule has 0 spiro atoms. The highest BCUT2D eigenvalue weighted by Gasteiger charge is 2.12. The van der Waals surface area contributed by atoms with Crippen molar-refractivity contribution >= 4 is 12.6 Å². The summed E-state index contributed by atoms with van der Waals surface area (Å²) in [5, 5.41) is 0. The minimum atomic E-state index is 0.411. The van der Waals surface area contributed by atoms with Gasteiger partial charge in [0.25, 0.3) is 0 Å². The summed E-state index contributed by atoms with van der Waals surface area (Å²) in [5.74, 6) is 1.91. The molecule has 0 heterocycles. The number of carbonyl (C=O) groups excluding carboxylic acids is 2. The van der Waals surface area contributed by atoms with Crippen LogP contribution in [0.1, 0.15) is 61.3 Å². The van der Waals surface area contributed by atoms with E-state index in [0.29, 0.717) is 47.7 Å². The Morgan fingerprint density at radius 2 is 1.18 bits per heavy atom. The summed E-state index contributed by atoms with van der Waals surface area (Å²) in [6.45, 7) is 9.45. The Hall–Kier alpha value is -1.84. The largest absolute Gasteiger partial charge is 0.493 e. The number of hydrogen-bond acceptors (Lipinski definition) is 4. The number of hydrogen-bond donors (Lipinski definition) is 0. The maximum absolute atomic E-state index is 11.2. The number of carbonyl (C=O) groups is 2. The van der Waals surface area contributed by atoms with Crippen LogP contribution in [0.2, 0.25) is 0 Å². The molecule has 122 valence electrons. The van der Waals surface area contributed by atoms with Gasteiger partial charge >= 0.3 is 0 Å². The lowest BCUT2D eigenvalue weighted by atomic mass is 10.1. The van der Waals surface area contributed by atoms with Crippen molar-refractivity contribution in [3.8, 4) is 11.5 Å². The molecule has 0 aliphatic rings. The molecule has 0 amide bonds. The van der Waals surface area contributed by atoms with Gasteiger partial charge in [0, 0.05) is 0 Å². The highest BCUT2D eigenvalue weighted by atomic mass is 16.5. The summed E-state index contributed by atoms with van der Waals surface area (Å²) in [4.78, 5) is 22.5. The Morgan fingerprint density at radius 1 is 0.818 bits per heavy atom. The van der Waals surface area contributed by atoms with Gasteiger partial charge in [-0.15, -0.1) is 0 Å². The molecule has 1 aromatic rings. The molecule has 1 aromatic carbocycles. The fourth-order valence-corrected chi connectivity index (χ4v) is 1.83. The van der Waals surface area contributed by atoms with E-state index in [9.17, 15) is 9.59 Å². The molecule has 0 N–H and O–H groups in total. The fraction of sp³-hybridized carbons (Fsp3) is 0.556. The predicted molar refractivity (Wildman–Crippen MR) is 87.1 cm³/mol. The molecule has 22 heavy (non-hydrogen) atoms. The topological polar surface area (TPSA) is 52.6 Å².